The Kier molecular flexibility index (Phi) is 8.43. The second kappa shape index (κ2) is 11.5. The van der Waals surface area contributed by atoms with Crippen LogP contribution in [0, 0.1) is 0 Å². The highest BCUT2D eigenvalue weighted by Crippen LogP contribution is 2.27. The number of rotatable bonds is 8. The van der Waals surface area contributed by atoms with Crippen LogP contribution in [0.3, 0.4) is 0 Å². The number of esters is 1. The first kappa shape index (κ1) is 25.0. The van der Waals surface area contributed by atoms with Gasteiger partial charge in [-0.15, -0.1) is 0 Å². The summed E-state index contributed by atoms with van der Waals surface area (Å²) in [5, 5.41) is 0.269. The number of nitrogens with zero attached hydrogens (tertiary/aromatic N) is 2. The Bertz CT molecular complexity index is 1180. The number of aliphatic imine (C=N–C) groups is 1. The molecular weight excluding hydrogens is 467 g/mol. The molecule has 0 saturated carbocycles. The van der Waals surface area contributed by atoms with Gasteiger partial charge in [0.25, 0.3) is 0 Å². The highest BCUT2D eigenvalue weighted by molar-refractivity contribution is 6.33. The normalized spacial score (nSPS) is 12.5. The second-order valence-electron chi connectivity index (χ2n) is 7.22. The van der Waals surface area contributed by atoms with Crippen LogP contribution in [0.5, 0.6) is 0 Å². The van der Waals surface area contributed by atoms with E-state index in [1.165, 1.54) is 24.3 Å². The van der Waals surface area contributed by atoms with Gasteiger partial charge in [0, 0.05) is 18.0 Å². The van der Waals surface area contributed by atoms with Crippen molar-refractivity contribution in [3.8, 4) is 0 Å². The average molecular weight is 488 g/mol. The summed E-state index contributed by atoms with van der Waals surface area (Å²) < 4.78 is 44.4. The van der Waals surface area contributed by atoms with Crippen molar-refractivity contribution < 1.29 is 22.7 Å². The molecule has 5 nitrogen and oxygen atoms in total. The molecule has 0 atom stereocenters. The summed E-state index contributed by atoms with van der Waals surface area (Å²) in [5.74, 6) is -0.535. The lowest BCUT2D eigenvalue weighted by molar-refractivity contribution is -0.0925. The first-order valence-electron chi connectivity index (χ1n) is 10.3. The zero-order chi connectivity index (χ0) is 24.6. The smallest absolute Gasteiger partial charge is 0.430 e. The highest BCUT2D eigenvalue weighted by atomic mass is 35.5. The number of halogens is 4. The Morgan fingerprint density at radius 2 is 1.76 bits per heavy atom. The Balaban J connectivity index is 1.74. The van der Waals surface area contributed by atoms with Crippen molar-refractivity contribution in [3.63, 3.8) is 0 Å². The van der Waals surface area contributed by atoms with Gasteiger partial charge in [0.1, 0.15) is 5.70 Å². The standard InChI is InChI=1S/C25H21ClF3N3O2/c26-20-7-1-2-8-21(20)32-22(15-23(30)25(27,28)29)18-9-11-19(12-10-18)24(33)34-14-4-6-17-5-3-13-31-16-17/h1-3,5,7-13,15-16H,4,6,14,30H2/b23-15-,32-22?. The molecule has 0 aliphatic carbocycles. The number of nitrogens with two attached hydrogens (primary N) is 1. The van der Waals surface area contributed by atoms with Crippen molar-refractivity contribution in [3.05, 3.63) is 107 Å². The van der Waals surface area contributed by atoms with Crippen molar-refractivity contribution in [2.24, 2.45) is 10.7 Å². The molecule has 3 aromatic rings. The van der Waals surface area contributed by atoms with Crippen LogP contribution in [0.2, 0.25) is 5.02 Å². The Hall–Kier alpha value is -3.65. The minimum absolute atomic E-state index is 0.0562. The zero-order valence-electron chi connectivity index (χ0n) is 17.9. The number of carbonyl (C=O) groups is 1. The van der Waals surface area contributed by atoms with Gasteiger partial charge in [-0.05, 0) is 54.8 Å². The Labute approximate surface area is 199 Å². The number of hydrogen-bond donors (Lipinski definition) is 1. The number of hydrogen-bond acceptors (Lipinski definition) is 5. The van der Waals surface area contributed by atoms with Gasteiger partial charge in [0.15, 0.2) is 0 Å². The second-order valence-corrected chi connectivity index (χ2v) is 7.63. The monoisotopic (exact) mass is 487 g/mol. The molecule has 34 heavy (non-hydrogen) atoms. The van der Waals surface area contributed by atoms with Crippen LogP contribution in [0.15, 0.2) is 89.8 Å². The van der Waals surface area contributed by atoms with Gasteiger partial charge in [-0.3, -0.25) is 4.98 Å². The summed E-state index contributed by atoms with van der Waals surface area (Å²) in [6.07, 6.45) is 0.795. The van der Waals surface area contributed by atoms with E-state index in [2.05, 4.69) is 9.98 Å². The fourth-order valence-corrected chi connectivity index (χ4v) is 3.11. The van der Waals surface area contributed by atoms with E-state index in [1.54, 1.807) is 36.7 Å². The van der Waals surface area contributed by atoms with E-state index in [0.717, 1.165) is 18.1 Å². The third-order valence-electron chi connectivity index (χ3n) is 4.70. The minimum atomic E-state index is -4.72. The van der Waals surface area contributed by atoms with E-state index >= 15 is 0 Å². The highest BCUT2D eigenvalue weighted by Gasteiger charge is 2.31. The maximum atomic E-state index is 13.0. The van der Waals surface area contributed by atoms with Crippen molar-refractivity contribution in [1.29, 1.82) is 0 Å². The van der Waals surface area contributed by atoms with Gasteiger partial charge in [-0.25, -0.2) is 9.79 Å². The van der Waals surface area contributed by atoms with Crippen LogP contribution in [0.4, 0.5) is 18.9 Å². The first-order chi connectivity index (χ1) is 16.2. The Morgan fingerprint density at radius 3 is 2.41 bits per heavy atom. The summed E-state index contributed by atoms with van der Waals surface area (Å²) in [4.78, 5) is 20.6. The number of carbonyl (C=O) groups excluding carboxylic acids is 1. The minimum Gasteiger partial charge on any atom is -0.462 e. The predicted molar refractivity (Wildman–Crippen MR) is 125 cm³/mol. The van der Waals surface area contributed by atoms with E-state index in [9.17, 15) is 18.0 Å². The fraction of sp³-hybridized carbons (Fsp3) is 0.160. The molecule has 0 saturated heterocycles. The molecule has 176 valence electrons. The number of allylic oxidation sites excluding steroid dienone is 2. The van der Waals surface area contributed by atoms with Crippen LogP contribution < -0.4 is 5.73 Å². The fourth-order valence-electron chi connectivity index (χ4n) is 2.93. The van der Waals surface area contributed by atoms with Crippen LogP contribution in [-0.2, 0) is 11.2 Å². The third kappa shape index (κ3) is 7.18. The lowest BCUT2D eigenvalue weighted by Gasteiger charge is -2.10. The molecule has 3 rings (SSSR count). The summed E-state index contributed by atoms with van der Waals surface area (Å²) in [6.45, 7) is 0.222. The van der Waals surface area contributed by atoms with Crippen LogP contribution in [-0.4, -0.2) is 29.4 Å². The molecule has 2 aromatic carbocycles. The van der Waals surface area contributed by atoms with Crippen LogP contribution in [0.25, 0.3) is 0 Å². The van der Waals surface area contributed by atoms with Gasteiger partial charge in [0.05, 0.1) is 28.6 Å². The summed E-state index contributed by atoms with van der Waals surface area (Å²) in [7, 11) is 0. The van der Waals surface area contributed by atoms with E-state index in [0.29, 0.717) is 12.0 Å². The zero-order valence-corrected chi connectivity index (χ0v) is 18.7. The van der Waals surface area contributed by atoms with Gasteiger partial charge >= 0.3 is 12.1 Å². The van der Waals surface area contributed by atoms with E-state index in [4.69, 9.17) is 22.1 Å². The SMILES string of the molecule is N/C(=C\C(=Nc1ccccc1Cl)c1ccc(C(=O)OCCCc2cccnc2)cc1)C(F)(F)F. The summed E-state index contributed by atoms with van der Waals surface area (Å²) >= 11 is 6.10. The van der Waals surface area contributed by atoms with Crippen molar-refractivity contribution >= 4 is 29.0 Å². The van der Waals surface area contributed by atoms with Crippen LogP contribution in [0.1, 0.15) is 27.9 Å². The summed E-state index contributed by atoms with van der Waals surface area (Å²) in [6, 6.07) is 16.1. The lowest BCUT2D eigenvalue weighted by atomic mass is 10.1. The summed E-state index contributed by atoms with van der Waals surface area (Å²) in [5.41, 5.74) is 5.75. The molecular formula is C25H21ClF3N3O2. The molecule has 0 spiro atoms. The van der Waals surface area contributed by atoms with Gasteiger partial charge in [0.2, 0.25) is 0 Å². The molecule has 9 heteroatoms. The molecule has 0 aliphatic rings. The Morgan fingerprint density at radius 1 is 1.06 bits per heavy atom. The largest absolute Gasteiger partial charge is 0.462 e. The molecule has 0 unspecified atom stereocenters. The first-order valence-corrected chi connectivity index (χ1v) is 10.7. The van der Waals surface area contributed by atoms with Crippen molar-refractivity contribution in [2.45, 2.75) is 19.0 Å². The predicted octanol–water partition coefficient (Wildman–Crippen LogP) is 6.05. The molecule has 2 N–H and O–H groups in total. The topological polar surface area (TPSA) is 77.6 Å². The number of benzene rings is 2. The van der Waals surface area contributed by atoms with E-state index < -0.39 is 17.8 Å². The van der Waals surface area contributed by atoms with Crippen LogP contribution >= 0.6 is 11.6 Å². The average Bonchev–Trinajstić information content (AvgIpc) is 2.82. The molecule has 0 bridgehead atoms. The molecule has 0 fully saturated rings. The van der Waals surface area contributed by atoms with E-state index in [1.807, 2.05) is 12.1 Å². The molecule has 0 amide bonds. The van der Waals surface area contributed by atoms with Gasteiger partial charge < -0.3 is 10.5 Å². The molecule has 1 aromatic heterocycles. The molecule has 0 aliphatic heterocycles. The molecule has 1 heterocycles. The number of ether oxygens (including phenoxy) is 1. The maximum Gasteiger partial charge on any atom is 0.430 e. The quantitative estimate of drug-likeness (QED) is 0.238. The lowest BCUT2D eigenvalue weighted by Crippen LogP contribution is -2.21. The number of alkyl halides is 3. The van der Waals surface area contributed by atoms with Crippen molar-refractivity contribution in [1.82, 2.24) is 4.98 Å². The number of aryl methyl sites for hydroxylation is 1. The number of para-hydroxylation sites is 1. The van der Waals surface area contributed by atoms with E-state index in [-0.39, 0.29) is 28.6 Å². The van der Waals surface area contributed by atoms with Gasteiger partial charge in [-0.1, -0.05) is 41.9 Å². The maximum absolute atomic E-state index is 13.0. The molecule has 0 radical (unpaired) electrons. The van der Waals surface area contributed by atoms with Gasteiger partial charge in [-0.2, -0.15) is 13.2 Å². The number of aromatic nitrogens is 1. The number of pyridine rings is 1. The third-order valence-corrected chi connectivity index (χ3v) is 5.01. The van der Waals surface area contributed by atoms with Crippen molar-refractivity contribution in [2.75, 3.05) is 6.61 Å².